The summed E-state index contributed by atoms with van der Waals surface area (Å²) in [5.41, 5.74) is -2.91. The molecule has 1 amide bonds. The second-order valence-electron chi connectivity index (χ2n) is 6.05. The van der Waals surface area contributed by atoms with Crippen LogP contribution in [0.3, 0.4) is 0 Å². The maximum atomic E-state index is 13.4. The van der Waals surface area contributed by atoms with E-state index < -0.39 is 29.6 Å². The summed E-state index contributed by atoms with van der Waals surface area (Å²) in [5, 5.41) is 14.4. The van der Waals surface area contributed by atoms with E-state index in [2.05, 4.69) is 5.10 Å². The number of carbonyl (C=O) groups is 1. The number of carbonyl (C=O) groups excluding carboxylic acids is 1. The van der Waals surface area contributed by atoms with Crippen molar-refractivity contribution >= 4 is 11.6 Å². The highest BCUT2D eigenvalue weighted by Gasteiger charge is 2.68. The Hall–Kier alpha value is -1.11. The van der Waals surface area contributed by atoms with Gasteiger partial charge in [0.15, 0.2) is 0 Å². The average Bonchev–Trinajstić information content (AvgIpc) is 2.62. The second-order valence-corrected chi connectivity index (χ2v) is 6.05. The van der Waals surface area contributed by atoms with Crippen molar-refractivity contribution in [2.24, 2.45) is 22.9 Å². The fraction of sp³-hybridized carbons (Fsp3) is 0.846. The molecule has 4 nitrogen and oxygen atoms in total. The first-order valence-electron chi connectivity index (χ1n) is 6.79. The van der Waals surface area contributed by atoms with E-state index in [9.17, 15) is 23.1 Å². The largest absolute Gasteiger partial charge is 0.439 e. The molecular weight excluding hydrogens is 273 g/mol. The number of amides is 1. The maximum Gasteiger partial charge on any atom is 0.439 e. The lowest BCUT2D eigenvalue weighted by Crippen LogP contribution is -2.62. The summed E-state index contributed by atoms with van der Waals surface area (Å²) in [6.45, 7) is 4.83. The van der Waals surface area contributed by atoms with Gasteiger partial charge < -0.3 is 5.11 Å². The molecule has 0 radical (unpaired) electrons. The molecular formula is C13H19F3N2O2. The van der Waals surface area contributed by atoms with Gasteiger partial charge in [-0.3, -0.25) is 4.79 Å². The van der Waals surface area contributed by atoms with Crippen LogP contribution in [0.5, 0.6) is 0 Å². The van der Waals surface area contributed by atoms with Crippen LogP contribution in [-0.2, 0) is 4.79 Å². The molecule has 1 heterocycles. The first-order valence-corrected chi connectivity index (χ1v) is 6.79. The Morgan fingerprint density at radius 3 is 2.60 bits per heavy atom. The highest BCUT2D eigenvalue weighted by Crippen LogP contribution is 2.49. The molecule has 3 unspecified atom stereocenters. The van der Waals surface area contributed by atoms with Gasteiger partial charge in [0.1, 0.15) is 0 Å². The van der Waals surface area contributed by atoms with Crippen LogP contribution in [0.15, 0.2) is 5.10 Å². The van der Waals surface area contributed by atoms with Crippen molar-refractivity contribution in [2.45, 2.75) is 51.9 Å². The van der Waals surface area contributed by atoms with Crippen molar-refractivity contribution in [3.8, 4) is 0 Å². The van der Waals surface area contributed by atoms with E-state index in [1.54, 1.807) is 0 Å². The Morgan fingerprint density at radius 1 is 1.50 bits per heavy atom. The van der Waals surface area contributed by atoms with Gasteiger partial charge in [-0.1, -0.05) is 20.8 Å². The fourth-order valence-corrected chi connectivity index (χ4v) is 2.87. The maximum absolute atomic E-state index is 13.4. The number of alkyl halides is 3. The fourth-order valence-electron chi connectivity index (χ4n) is 2.87. The van der Waals surface area contributed by atoms with E-state index in [0.29, 0.717) is 6.42 Å². The molecule has 3 atom stereocenters. The van der Waals surface area contributed by atoms with E-state index in [0.717, 1.165) is 6.42 Å². The van der Waals surface area contributed by atoms with Crippen molar-refractivity contribution in [3.05, 3.63) is 0 Å². The van der Waals surface area contributed by atoms with Crippen molar-refractivity contribution in [2.75, 3.05) is 0 Å². The highest BCUT2D eigenvalue weighted by atomic mass is 19.4. The Kier molecular flexibility index (Phi) is 3.60. The molecule has 1 aliphatic heterocycles. The van der Waals surface area contributed by atoms with Crippen LogP contribution in [-0.4, -0.2) is 33.6 Å². The van der Waals surface area contributed by atoms with Crippen LogP contribution in [0.2, 0.25) is 0 Å². The second kappa shape index (κ2) is 4.72. The molecule has 1 saturated carbocycles. The molecule has 0 saturated heterocycles. The Morgan fingerprint density at radius 2 is 2.10 bits per heavy atom. The first-order chi connectivity index (χ1) is 9.09. The minimum absolute atomic E-state index is 0.0712. The lowest BCUT2D eigenvalue weighted by atomic mass is 9.76. The molecule has 0 aromatic rings. The van der Waals surface area contributed by atoms with Gasteiger partial charge in [0.05, 0.1) is 5.92 Å². The average molecular weight is 292 g/mol. The van der Waals surface area contributed by atoms with Crippen LogP contribution < -0.4 is 0 Å². The number of aliphatic hydroxyl groups is 1. The summed E-state index contributed by atoms with van der Waals surface area (Å²) in [6.07, 6.45) is -3.61. The standard InChI is InChI=1S/C13H19F3N2O2/c1-7(2)11(19)18-12(20,13(14,15)16)9-6-8(3)4-5-10(9)17-18/h7-9,20H,4-6H2,1-3H3. The monoisotopic (exact) mass is 292 g/mol. The molecule has 114 valence electrons. The topological polar surface area (TPSA) is 52.9 Å². The van der Waals surface area contributed by atoms with Gasteiger partial charge in [0, 0.05) is 11.6 Å². The number of halogens is 3. The Balaban J connectivity index is 2.45. The van der Waals surface area contributed by atoms with Gasteiger partial charge in [-0.2, -0.15) is 23.3 Å². The SMILES string of the molecule is CC1CCC2=NN(C(=O)C(C)C)C(O)(C(F)(F)F)C2C1. The van der Waals surface area contributed by atoms with Crippen molar-refractivity contribution < 1.29 is 23.1 Å². The molecule has 20 heavy (non-hydrogen) atoms. The number of rotatable bonds is 1. The molecule has 1 fully saturated rings. The number of nitrogens with zero attached hydrogens (tertiary/aromatic N) is 2. The summed E-state index contributed by atoms with van der Waals surface area (Å²) in [4.78, 5) is 12.0. The van der Waals surface area contributed by atoms with Crippen LogP contribution >= 0.6 is 0 Å². The number of hydrogen-bond donors (Lipinski definition) is 1. The summed E-state index contributed by atoms with van der Waals surface area (Å²) >= 11 is 0. The summed E-state index contributed by atoms with van der Waals surface area (Å²) < 4.78 is 40.2. The van der Waals surface area contributed by atoms with E-state index in [1.165, 1.54) is 13.8 Å². The quantitative estimate of drug-likeness (QED) is 0.807. The third-order valence-electron chi connectivity index (χ3n) is 4.09. The third-order valence-corrected chi connectivity index (χ3v) is 4.09. The summed E-state index contributed by atoms with van der Waals surface area (Å²) in [6, 6.07) is 0. The molecule has 2 aliphatic rings. The van der Waals surface area contributed by atoms with E-state index >= 15 is 0 Å². The molecule has 2 rings (SSSR count). The smallest absolute Gasteiger partial charge is 0.362 e. The Bertz CT molecular complexity index is 447. The molecule has 7 heteroatoms. The predicted molar refractivity (Wildman–Crippen MR) is 66.6 cm³/mol. The van der Waals surface area contributed by atoms with Crippen molar-refractivity contribution in [1.29, 1.82) is 0 Å². The van der Waals surface area contributed by atoms with Gasteiger partial charge >= 0.3 is 6.18 Å². The van der Waals surface area contributed by atoms with Gasteiger partial charge in [0.25, 0.3) is 5.72 Å². The minimum Gasteiger partial charge on any atom is -0.362 e. The normalized spacial score (nSPS) is 34.2. The molecule has 1 N–H and O–H groups in total. The molecule has 0 aromatic heterocycles. The minimum atomic E-state index is -4.93. The molecule has 0 aromatic carbocycles. The molecule has 0 bridgehead atoms. The van der Waals surface area contributed by atoms with Crippen LogP contribution in [0.25, 0.3) is 0 Å². The van der Waals surface area contributed by atoms with E-state index in [-0.39, 0.29) is 23.1 Å². The number of fused-ring (bicyclic) bond motifs is 1. The lowest BCUT2D eigenvalue weighted by Gasteiger charge is -2.39. The van der Waals surface area contributed by atoms with Crippen LogP contribution in [0.4, 0.5) is 13.2 Å². The third kappa shape index (κ3) is 2.12. The zero-order valence-electron chi connectivity index (χ0n) is 11.7. The predicted octanol–water partition coefficient (Wildman–Crippen LogP) is 2.53. The number of hydrogen-bond acceptors (Lipinski definition) is 3. The Labute approximate surface area is 115 Å². The van der Waals surface area contributed by atoms with Crippen LogP contribution in [0, 0.1) is 17.8 Å². The van der Waals surface area contributed by atoms with Crippen molar-refractivity contribution in [3.63, 3.8) is 0 Å². The lowest BCUT2D eigenvalue weighted by molar-refractivity contribution is -0.318. The van der Waals surface area contributed by atoms with Gasteiger partial charge in [0.2, 0.25) is 5.91 Å². The van der Waals surface area contributed by atoms with Crippen molar-refractivity contribution in [1.82, 2.24) is 5.01 Å². The first kappa shape index (κ1) is 15.3. The van der Waals surface area contributed by atoms with Crippen LogP contribution in [0.1, 0.15) is 40.0 Å². The number of hydrazone groups is 1. The highest BCUT2D eigenvalue weighted by molar-refractivity contribution is 5.93. The van der Waals surface area contributed by atoms with E-state index in [4.69, 9.17) is 0 Å². The zero-order valence-corrected chi connectivity index (χ0v) is 11.7. The summed E-state index contributed by atoms with van der Waals surface area (Å²) in [5.74, 6) is -2.54. The van der Waals surface area contributed by atoms with Gasteiger partial charge in [-0.05, 0) is 25.2 Å². The zero-order chi connectivity index (χ0) is 15.3. The van der Waals surface area contributed by atoms with Gasteiger partial charge in [-0.25, -0.2) is 0 Å². The molecule has 1 aliphatic carbocycles. The summed E-state index contributed by atoms with van der Waals surface area (Å²) in [7, 11) is 0. The van der Waals surface area contributed by atoms with E-state index in [1.807, 2.05) is 6.92 Å². The van der Waals surface area contributed by atoms with Gasteiger partial charge in [-0.15, -0.1) is 0 Å². The molecule has 0 spiro atoms.